The van der Waals surface area contributed by atoms with Crippen LogP contribution in [0.4, 0.5) is 0 Å². The lowest BCUT2D eigenvalue weighted by atomic mass is 9.90. The van der Waals surface area contributed by atoms with E-state index in [0.29, 0.717) is 12.5 Å². The van der Waals surface area contributed by atoms with Crippen molar-refractivity contribution < 1.29 is 9.53 Å². The molecule has 31 heavy (non-hydrogen) atoms. The van der Waals surface area contributed by atoms with Crippen LogP contribution < -0.4 is 10.2 Å². The highest BCUT2D eigenvalue weighted by Gasteiger charge is 2.64. The van der Waals surface area contributed by atoms with Crippen LogP contribution in [0.5, 0.6) is 5.75 Å². The number of hydrogen-bond acceptors (Lipinski definition) is 3. The Kier molecular flexibility index (Phi) is 5.23. The number of nitrogens with one attached hydrogen (secondary N) is 1. The van der Waals surface area contributed by atoms with Gasteiger partial charge in [0, 0.05) is 5.92 Å². The fourth-order valence-corrected chi connectivity index (χ4v) is 5.35. The van der Waals surface area contributed by atoms with Gasteiger partial charge in [0.05, 0.1) is 6.21 Å². The highest BCUT2D eigenvalue weighted by Crippen LogP contribution is 2.66. The zero-order chi connectivity index (χ0) is 21.3. The molecular formula is C27H28N2O2. The molecule has 4 heteroatoms. The van der Waals surface area contributed by atoms with Crippen LogP contribution in [0.25, 0.3) is 10.8 Å². The van der Waals surface area contributed by atoms with Crippen molar-refractivity contribution in [2.45, 2.75) is 39.2 Å². The van der Waals surface area contributed by atoms with Crippen molar-refractivity contribution in [3.63, 3.8) is 0 Å². The third-order valence-corrected chi connectivity index (χ3v) is 7.13. The molecule has 1 amide bonds. The lowest BCUT2D eigenvalue weighted by Crippen LogP contribution is -2.22. The van der Waals surface area contributed by atoms with Crippen molar-refractivity contribution >= 4 is 22.9 Å². The van der Waals surface area contributed by atoms with Crippen LogP contribution >= 0.6 is 0 Å². The average Bonchev–Trinajstić information content (AvgIpc) is 3.43. The van der Waals surface area contributed by atoms with Crippen LogP contribution in [-0.2, 0) is 11.4 Å². The summed E-state index contributed by atoms with van der Waals surface area (Å²) in [5.74, 6) is 1.52. The number of nitrogens with zero attached hydrogens (tertiary/aromatic N) is 1. The molecule has 2 aliphatic rings. The van der Waals surface area contributed by atoms with Gasteiger partial charge in [-0.3, -0.25) is 4.79 Å². The summed E-state index contributed by atoms with van der Waals surface area (Å²) in [4.78, 5) is 12.6. The number of hydrazone groups is 1. The number of carbonyl (C=O) groups excluding carboxylic acids is 1. The Labute approximate surface area is 183 Å². The molecule has 0 bridgehead atoms. The van der Waals surface area contributed by atoms with E-state index < -0.39 is 0 Å². The predicted octanol–water partition coefficient (Wildman–Crippen LogP) is 5.70. The maximum atomic E-state index is 12.6. The molecule has 0 aromatic heterocycles. The summed E-state index contributed by atoms with van der Waals surface area (Å²) >= 11 is 0. The van der Waals surface area contributed by atoms with E-state index in [0.717, 1.165) is 23.3 Å². The number of hydrogen-bond donors (Lipinski definition) is 1. The molecular weight excluding hydrogens is 384 g/mol. The standard InChI is InChI=1S/C27H28N2O2/c1-27-15-5-4-14-24(27)25(27)26(30)29-28-17-19-8-6-12-22(16-19)31-18-21-11-7-10-20-9-2-3-13-23(20)21/h2-3,6-13,16-17,24-25H,4-5,14-15,18H2,1H3,(H,29,30)/b28-17-/t24-,25-,27+/m1/s1. The van der Waals surface area contributed by atoms with Crippen LogP contribution in [0.15, 0.2) is 71.8 Å². The Morgan fingerprint density at radius 1 is 1.13 bits per heavy atom. The minimum absolute atomic E-state index is 0.0639. The molecule has 0 unspecified atom stereocenters. The van der Waals surface area contributed by atoms with Gasteiger partial charge in [0.25, 0.3) is 0 Å². The maximum absolute atomic E-state index is 12.6. The zero-order valence-corrected chi connectivity index (χ0v) is 17.9. The molecule has 2 saturated carbocycles. The van der Waals surface area contributed by atoms with Crippen molar-refractivity contribution in [3.05, 3.63) is 77.9 Å². The van der Waals surface area contributed by atoms with Gasteiger partial charge in [-0.2, -0.15) is 5.10 Å². The summed E-state index contributed by atoms with van der Waals surface area (Å²) in [5.41, 5.74) is 5.02. The van der Waals surface area contributed by atoms with E-state index in [1.165, 1.54) is 30.0 Å². The third kappa shape index (κ3) is 3.95. The Morgan fingerprint density at radius 3 is 2.84 bits per heavy atom. The Bertz CT molecular complexity index is 1130. The monoisotopic (exact) mass is 412 g/mol. The van der Waals surface area contributed by atoms with Crippen molar-refractivity contribution in [1.82, 2.24) is 5.43 Å². The molecule has 3 aromatic rings. The molecule has 158 valence electrons. The fraction of sp³-hybridized carbons (Fsp3) is 0.333. The van der Waals surface area contributed by atoms with E-state index in [9.17, 15) is 4.79 Å². The number of amides is 1. The lowest BCUT2D eigenvalue weighted by Gasteiger charge is -2.15. The minimum atomic E-state index is 0.0639. The van der Waals surface area contributed by atoms with Crippen molar-refractivity contribution in [2.75, 3.05) is 0 Å². The van der Waals surface area contributed by atoms with Crippen LogP contribution in [0, 0.1) is 17.3 Å². The van der Waals surface area contributed by atoms with Gasteiger partial charge in [0.2, 0.25) is 5.91 Å². The van der Waals surface area contributed by atoms with Gasteiger partial charge >= 0.3 is 0 Å². The normalized spacial score (nSPS) is 24.7. The smallest absolute Gasteiger partial charge is 0.244 e. The number of ether oxygens (including phenoxy) is 1. The van der Waals surface area contributed by atoms with Gasteiger partial charge in [-0.15, -0.1) is 0 Å². The van der Waals surface area contributed by atoms with E-state index in [2.05, 4.69) is 47.8 Å². The van der Waals surface area contributed by atoms with E-state index in [1.807, 2.05) is 36.4 Å². The largest absolute Gasteiger partial charge is 0.489 e. The Morgan fingerprint density at radius 2 is 1.97 bits per heavy atom. The lowest BCUT2D eigenvalue weighted by molar-refractivity contribution is -0.123. The number of fused-ring (bicyclic) bond motifs is 2. The summed E-state index contributed by atoms with van der Waals surface area (Å²) in [7, 11) is 0. The molecule has 0 spiro atoms. The number of carbonyl (C=O) groups is 1. The fourth-order valence-electron chi connectivity index (χ4n) is 5.35. The van der Waals surface area contributed by atoms with Gasteiger partial charge < -0.3 is 4.74 Å². The first-order valence-corrected chi connectivity index (χ1v) is 11.2. The molecule has 5 rings (SSSR count). The Balaban J connectivity index is 1.20. The molecule has 0 saturated heterocycles. The van der Waals surface area contributed by atoms with Crippen LogP contribution in [0.1, 0.15) is 43.7 Å². The number of benzene rings is 3. The van der Waals surface area contributed by atoms with Crippen LogP contribution in [-0.4, -0.2) is 12.1 Å². The van der Waals surface area contributed by atoms with Gasteiger partial charge in [-0.05, 0) is 58.2 Å². The first-order chi connectivity index (χ1) is 15.1. The molecule has 4 nitrogen and oxygen atoms in total. The van der Waals surface area contributed by atoms with Crippen LogP contribution in [0.3, 0.4) is 0 Å². The van der Waals surface area contributed by atoms with Crippen LogP contribution in [0.2, 0.25) is 0 Å². The van der Waals surface area contributed by atoms with Gasteiger partial charge in [-0.25, -0.2) is 5.43 Å². The summed E-state index contributed by atoms with van der Waals surface area (Å²) in [6, 6.07) is 22.4. The summed E-state index contributed by atoms with van der Waals surface area (Å²) in [6.45, 7) is 2.75. The highest BCUT2D eigenvalue weighted by atomic mass is 16.5. The second-order valence-corrected chi connectivity index (χ2v) is 9.07. The third-order valence-electron chi connectivity index (χ3n) is 7.13. The topological polar surface area (TPSA) is 50.7 Å². The number of rotatable bonds is 6. The van der Waals surface area contributed by atoms with E-state index in [-0.39, 0.29) is 17.2 Å². The van der Waals surface area contributed by atoms with E-state index >= 15 is 0 Å². The van der Waals surface area contributed by atoms with Crippen molar-refractivity contribution in [1.29, 1.82) is 0 Å². The van der Waals surface area contributed by atoms with E-state index in [4.69, 9.17) is 4.74 Å². The second-order valence-electron chi connectivity index (χ2n) is 9.07. The molecule has 1 N–H and O–H groups in total. The molecule has 2 fully saturated rings. The summed E-state index contributed by atoms with van der Waals surface area (Å²) in [5, 5.41) is 6.63. The van der Waals surface area contributed by atoms with Crippen molar-refractivity contribution in [3.8, 4) is 5.75 Å². The first-order valence-electron chi connectivity index (χ1n) is 11.2. The van der Waals surface area contributed by atoms with Gasteiger partial charge in [0.15, 0.2) is 0 Å². The quantitative estimate of drug-likeness (QED) is 0.417. The predicted molar refractivity (Wildman–Crippen MR) is 124 cm³/mol. The molecule has 3 aromatic carbocycles. The van der Waals surface area contributed by atoms with E-state index in [1.54, 1.807) is 6.21 Å². The zero-order valence-electron chi connectivity index (χ0n) is 17.9. The second kappa shape index (κ2) is 8.18. The summed E-state index contributed by atoms with van der Waals surface area (Å²) in [6.07, 6.45) is 6.52. The maximum Gasteiger partial charge on any atom is 0.244 e. The van der Waals surface area contributed by atoms with Gasteiger partial charge in [0.1, 0.15) is 12.4 Å². The summed E-state index contributed by atoms with van der Waals surface area (Å²) < 4.78 is 6.04. The molecule has 0 heterocycles. The average molecular weight is 413 g/mol. The SMILES string of the molecule is C[C@]12CCCC[C@@H]1[C@@H]2C(=O)N/N=C\c1cccc(OCc2cccc3ccccc23)c1. The highest BCUT2D eigenvalue weighted by molar-refractivity contribution is 5.86. The van der Waals surface area contributed by atoms with Gasteiger partial charge in [-0.1, -0.05) is 74.4 Å². The molecule has 0 aliphatic heterocycles. The minimum Gasteiger partial charge on any atom is -0.489 e. The Hall–Kier alpha value is -3.14. The first kappa shape index (κ1) is 19.8. The molecule has 3 atom stereocenters. The molecule has 2 aliphatic carbocycles. The molecule has 0 radical (unpaired) electrons. The van der Waals surface area contributed by atoms with Crippen molar-refractivity contribution in [2.24, 2.45) is 22.4 Å².